The normalized spacial score (nSPS) is 20.3. The second-order valence-corrected chi connectivity index (χ2v) is 27.2. The van der Waals surface area contributed by atoms with Gasteiger partial charge in [-0.2, -0.15) is 0 Å². The summed E-state index contributed by atoms with van der Waals surface area (Å²) in [6.45, 7) is 14.9. The molecule has 2 unspecified atom stereocenters. The molecular formula is C70H96Cl2N12O10. The van der Waals surface area contributed by atoms with Crippen LogP contribution in [0.25, 0.3) is 0 Å². The number of halogens is 2. The predicted molar refractivity (Wildman–Crippen MR) is 363 cm³/mol. The van der Waals surface area contributed by atoms with Gasteiger partial charge in [0, 0.05) is 62.2 Å². The van der Waals surface area contributed by atoms with Crippen LogP contribution in [0.1, 0.15) is 173 Å². The first-order valence-corrected chi connectivity index (χ1v) is 32.4. The van der Waals surface area contributed by atoms with E-state index in [4.69, 9.17) is 0 Å². The summed E-state index contributed by atoms with van der Waals surface area (Å²) in [5, 5.41) is 29.8. The zero-order valence-electron chi connectivity index (χ0n) is 55.7. The van der Waals surface area contributed by atoms with Gasteiger partial charge in [-0.25, -0.2) is 0 Å². The van der Waals surface area contributed by atoms with Gasteiger partial charge in [0.1, 0.15) is 24.2 Å². The molecular weight excluding hydrogens is 1240 g/mol. The molecule has 8 rings (SSSR count). The number of rotatable bonds is 23. The average molecular weight is 1340 g/mol. The van der Waals surface area contributed by atoms with Gasteiger partial charge in [-0.15, -0.1) is 24.8 Å². The van der Waals surface area contributed by atoms with Gasteiger partial charge in [0.2, 0.25) is 47.3 Å². The quantitative estimate of drug-likeness (QED) is 0.0452. The van der Waals surface area contributed by atoms with Crippen LogP contribution in [0.2, 0.25) is 0 Å². The van der Waals surface area contributed by atoms with Crippen molar-refractivity contribution in [2.75, 3.05) is 27.2 Å². The summed E-state index contributed by atoms with van der Waals surface area (Å²) < 4.78 is 0. The molecule has 0 saturated carbocycles. The molecule has 24 heteroatoms. The molecule has 4 aromatic rings. The standard InChI is InChI=1S/C70H94N12O10.2ClH/c1-41(71-9)61(85)79-59(69(3,4)5)67(91)81-39-49(35-55(81)65(89)77-53-23-15-19-45-17-11-13-21-51(45)53)75-63(87)47-29-25-43(26-30-47)37-73-57(83)33-34-58(84)74-38-44-27-31-48(32-28-44)64(88)76-50-36-56(66(90)78-54-24-16-20-46-18-12-14-22-52(46)54)82(40-50)68(92)60(70(6,7)8)80-62(86)42(2)72-10;;/h11-14,17-18,21-22,25-32,41-42,49-50,53-56,59-60,71-72H,15-16,19-20,23-24,33-40H2,1-10H3,(H,73,83)(H,74,84)(H,75,87)(H,76,88)(H,77,89)(H,78,90)(H,79,85)(H,80,86);2*1H/t41-,42-,49-,50-,53?,54?,55-,56-,59+,60+;;/m0../s1. The van der Waals surface area contributed by atoms with E-state index in [1.165, 1.54) is 20.9 Å². The van der Waals surface area contributed by atoms with Gasteiger partial charge in [0.05, 0.1) is 24.2 Å². The Morgan fingerprint density at radius 2 is 0.840 bits per heavy atom. The van der Waals surface area contributed by atoms with Crippen LogP contribution in [-0.4, -0.2) is 144 Å². The number of benzene rings is 4. The summed E-state index contributed by atoms with van der Waals surface area (Å²) in [6, 6.07) is 22.8. The van der Waals surface area contributed by atoms with Crippen LogP contribution in [0.15, 0.2) is 97.1 Å². The van der Waals surface area contributed by atoms with E-state index in [1.54, 1.807) is 76.5 Å². The summed E-state index contributed by atoms with van der Waals surface area (Å²) in [5.74, 6) is -3.76. The van der Waals surface area contributed by atoms with Crippen molar-refractivity contribution in [3.63, 3.8) is 0 Å². The third-order valence-corrected chi connectivity index (χ3v) is 18.3. The third-order valence-electron chi connectivity index (χ3n) is 18.3. The van der Waals surface area contributed by atoms with Crippen LogP contribution >= 0.6 is 24.8 Å². The van der Waals surface area contributed by atoms with Crippen molar-refractivity contribution in [3.05, 3.63) is 142 Å². The summed E-state index contributed by atoms with van der Waals surface area (Å²) in [7, 11) is 3.31. The molecule has 2 fully saturated rings. The maximum Gasteiger partial charge on any atom is 0.251 e. The highest BCUT2D eigenvalue weighted by molar-refractivity contribution is 5.98. The molecule has 10 amide bonds. The predicted octanol–water partition coefficient (Wildman–Crippen LogP) is 5.31. The molecule has 0 spiro atoms. The van der Waals surface area contributed by atoms with E-state index in [1.807, 2.05) is 77.9 Å². The van der Waals surface area contributed by atoms with Crippen molar-refractivity contribution in [2.24, 2.45) is 10.8 Å². The number of likely N-dealkylation sites (N-methyl/N-ethyl adjacent to an activating group) is 2. The largest absolute Gasteiger partial charge is 0.352 e. The van der Waals surface area contributed by atoms with E-state index in [9.17, 15) is 47.9 Å². The molecule has 0 aromatic heterocycles. The Labute approximate surface area is 564 Å². The fourth-order valence-corrected chi connectivity index (χ4v) is 12.5. The number of fused-ring (bicyclic) bond motifs is 2. The van der Waals surface area contributed by atoms with Gasteiger partial charge in [0.25, 0.3) is 11.8 Å². The van der Waals surface area contributed by atoms with Crippen LogP contribution in [0, 0.1) is 10.8 Å². The van der Waals surface area contributed by atoms with Gasteiger partial charge in [-0.1, -0.05) is 114 Å². The van der Waals surface area contributed by atoms with Crippen LogP contribution in [0.4, 0.5) is 0 Å². The molecule has 2 aliphatic carbocycles. The molecule has 0 bridgehead atoms. The minimum atomic E-state index is -0.966. The molecule has 2 saturated heterocycles. The van der Waals surface area contributed by atoms with E-state index in [2.05, 4.69) is 65.3 Å². The van der Waals surface area contributed by atoms with Gasteiger partial charge >= 0.3 is 0 Å². The summed E-state index contributed by atoms with van der Waals surface area (Å²) >= 11 is 0. The minimum absolute atomic E-state index is 0. The van der Waals surface area contributed by atoms with E-state index >= 15 is 0 Å². The van der Waals surface area contributed by atoms with Crippen LogP contribution < -0.4 is 53.2 Å². The lowest BCUT2D eigenvalue weighted by Gasteiger charge is -2.36. The Bertz CT molecular complexity index is 3140. The van der Waals surface area contributed by atoms with Crippen molar-refractivity contribution < 1.29 is 47.9 Å². The number of hydrogen-bond acceptors (Lipinski definition) is 12. The Hall–Kier alpha value is -7.92. The van der Waals surface area contributed by atoms with Crippen LogP contribution in [0.5, 0.6) is 0 Å². The Balaban J connectivity index is 0.00000700. The van der Waals surface area contributed by atoms with E-state index in [-0.39, 0.29) is 124 Å². The van der Waals surface area contributed by atoms with Gasteiger partial charge in [-0.05, 0) is 148 Å². The zero-order chi connectivity index (χ0) is 66.6. The number of nitrogens with one attached hydrogen (secondary N) is 10. The van der Waals surface area contributed by atoms with Gasteiger partial charge < -0.3 is 63.0 Å². The van der Waals surface area contributed by atoms with Crippen molar-refractivity contribution in [3.8, 4) is 0 Å². The fraction of sp³-hybridized carbons (Fsp3) is 0.514. The number of nitrogens with zero attached hydrogens (tertiary/aromatic N) is 2. The van der Waals surface area contributed by atoms with E-state index in [0.29, 0.717) is 22.3 Å². The SMILES string of the molecule is CN[C@@H](C)C(=O)N[C@H](C(=O)N1C[C@@H](NC(=O)c2ccc(CNC(=O)CCC(=O)NCc3ccc(C(=O)N[C@H]4C[C@@H](C(=O)NC5CCCc6ccccc65)N(C(=O)[C@@H](NC(=O)[C@H](C)NC)C(C)(C)C)C4)cc3)cc2)C[C@H]1C(=O)NC1CCCc2ccccc21)C(C)(C)C.Cl.Cl. The average Bonchev–Trinajstić information content (AvgIpc) is 1.59. The molecule has 4 aromatic carbocycles. The minimum Gasteiger partial charge on any atom is -0.352 e. The molecule has 10 atom stereocenters. The molecule has 510 valence electrons. The number of likely N-dealkylation sites (tertiary alicyclic amines) is 2. The van der Waals surface area contributed by atoms with Gasteiger partial charge in [0.15, 0.2) is 0 Å². The Morgan fingerprint density at radius 3 is 1.18 bits per heavy atom. The molecule has 4 aliphatic rings. The second-order valence-electron chi connectivity index (χ2n) is 27.2. The van der Waals surface area contributed by atoms with Crippen LogP contribution in [0.3, 0.4) is 0 Å². The zero-order valence-corrected chi connectivity index (χ0v) is 57.3. The topological polar surface area (TPSA) is 297 Å². The maximum absolute atomic E-state index is 14.6. The highest BCUT2D eigenvalue weighted by atomic mass is 35.5. The molecule has 0 radical (unpaired) electrons. The van der Waals surface area contributed by atoms with Crippen molar-refractivity contribution in [1.29, 1.82) is 0 Å². The lowest BCUT2D eigenvalue weighted by molar-refractivity contribution is -0.144. The van der Waals surface area contributed by atoms with E-state index < -0.39 is 82.8 Å². The number of aryl methyl sites for hydroxylation is 2. The molecule has 22 nitrogen and oxygen atoms in total. The first kappa shape index (κ1) is 75.1. The monoisotopic (exact) mass is 1330 g/mol. The smallest absolute Gasteiger partial charge is 0.251 e. The summed E-state index contributed by atoms with van der Waals surface area (Å²) in [4.78, 5) is 140. The Kier molecular flexibility index (Phi) is 26.7. The highest BCUT2D eigenvalue weighted by Gasteiger charge is 2.48. The van der Waals surface area contributed by atoms with Crippen molar-refractivity contribution in [1.82, 2.24) is 63.0 Å². The maximum atomic E-state index is 14.6. The molecule has 2 heterocycles. The number of carbonyl (C=O) groups is 10. The lowest BCUT2D eigenvalue weighted by Crippen LogP contribution is -2.59. The van der Waals surface area contributed by atoms with Gasteiger partial charge in [-0.3, -0.25) is 47.9 Å². The second kappa shape index (κ2) is 33.5. The summed E-state index contributed by atoms with van der Waals surface area (Å²) in [5.41, 5.74) is 5.08. The lowest BCUT2D eigenvalue weighted by atomic mass is 9.85. The van der Waals surface area contributed by atoms with Crippen LogP contribution in [-0.2, 0) is 64.3 Å². The first-order chi connectivity index (χ1) is 43.7. The number of amides is 10. The van der Waals surface area contributed by atoms with E-state index in [0.717, 1.165) is 49.7 Å². The fourth-order valence-electron chi connectivity index (χ4n) is 12.5. The highest BCUT2D eigenvalue weighted by Crippen LogP contribution is 2.34. The molecule has 10 N–H and O–H groups in total. The summed E-state index contributed by atoms with van der Waals surface area (Å²) in [6.07, 6.45) is 5.25. The number of hydrogen-bond donors (Lipinski definition) is 10. The Morgan fingerprint density at radius 1 is 0.489 bits per heavy atom. The molecule has 2 aliphatic heterocycles. The van der Waals surface area contributed by atoms with Crippen molar-refractivity contribution in [2.45, 2.75) is 193 Å². The number of carbonyl (C=O) groups excluding carboxylic acids is 10. The first-order valence-electron chi connectivity index (χ1n) is 32.4. The molecule has 94 heavy (non-hydrogen) atoms. The third kappa shape index (κ3) is 19.4. The van der Waals surface area contributed by atoms with Crippen molar-refractivity contribution >= 4 is 83.9 Å².